The van der Waals surface area contributed by atoms with Crippen molar-refractivity contribution in [2.75, 3.05) is 0 Å². The van der Waals surface area contributed by atoms with Crippen molar-refractivity contribution >= 4 is 0 Å². The minimum atomic E-state index is 0. The summed E-state index contributed by atoms with van der Waals surface area (Å²) < 4.78 is 0. The van der Waals surface area contributed by atoms with E-state index in [1.54, 1.807) is 0 Å². The molecule has 0 saturated heterocycles. The van der Waals surface area contributed by atoms with Crippen molar-refractivity contribution in [2.45, 2.75) is 0 Å². The Kier molecular flexibility index (Phi) is 19300. The molecule has 5 heteroatoms. The predicted molar refractivity (Wildman–Crippen MR) is 15.6 cm³/mol. The summed E-state index contributed by atoms with van der Waals surface area (Å²) in [6.07, 6.45) is 0. The monoisotopic (exact) mass is 260 g/mol. The van der Waals surface area contributed by atoms with E-state index in [2.05, 4.69) is 0 Å². The third-order valence-corrected chi connectivity index (χ3v) is 0. The Hall–Kier alpha value is 0.502. The third-order valence-electron chi connectivity index (χ3n) is 0. The van der Waals surface area contributed by atoms with Crippen LogP contribution in [0, 0.1) is 0 Å². The average Bonchev–Trinajstić information content (AvgIpc) is 0. The van der Waals surface area contributed by atoms with E-state index in [1.807, 2.05) is 0 Å². The van der Waals surface area contributed by atoms with Crippen LogP contribution in [0.25, 0.3) is 0 Å². The summed E-state index contributed by atoms with van der Waals surface area (Å²) >= 11 is 0. The molecular formula is H9O4Re+. The molecule has 0 amide bonds. The molecule has 0 atom stereocenters. The predicted octanol–water partition coefficient (Wildman–Crippen LogP) is -3.19. The molecule has 0 aromatic carbocycles. The molecular weight excluding hydrogens is 250 g/mol. The van der Waals surface area contributed by atoms with Gasteiger partial charge in [0, 0.05) is 20.4 Å². The Bertz CT molecular complexity index is 7.51. The molecule has 0 spiro atoms. The van der Waals surface area contributed by atoms with E-state index in [1.165, 1.54) is 0 Å². The van der Waals surface area contributed by atoms with E-state index >= 15 is 0 Å². The third kappa shape index (κ3) is 112. The van der Waals surface area contributed by atoms with Gasteiger partial charge in [0.15, 0.2) is 0 Å². The quantitative estimate of drug-likeness (QED) is 0.434. The van der Waals surface area contributed by atoms with Gasteiger partial charge >= 0.3 is 1.43 Å². The van der Waals surface area contributed by atoms with Gasteiger partial charge in [-0.15, -0.1) is 0 Å². The Morgan fingerprint density at radius 3 is 0.600 bits per heavy atom. The van der Waals surface area contributed by atoms with Crippen molar-refractivity contribution in [3.05, 3.63) is 0 Å². The molecule has 0 fully saturated rings. The minimum absolute atomic E-state index is 0. The van der Waals surface area contributed by atoms with Gasteiger partial charge in [-0.25, -0.2) is 0 Å². The first-order valence-electron chi connectivity index (χ1n) is 0. The molecule has 1 radical (unpaired) electrons. The molecule has 0 saturated carbocycles. The zero-order chi connectivity index (χ0) is 0. The molecule has 39 valence electrons. The molecule has 0 aliphatic carbocycles. The van der Waals surface area contributed by atoms with E-state index in [-0.39, 0.29) is 43.8 Å². The average molecular weight is 259 g/mol. The normalized spacial score (nSPS) is 0. The molecule has 0 aliphatic rings. The van der Waals surface area contributed by atoms with Crippen LogP contribution >= 0.6 is 0 Å². The smallest absolute Gasteiger partial charge is 0.412 e. The molecule has 0 unspecified atom stereocenters. The number of hydrogen-bond donors (Lipinski definition) is 0. The largest absolute Gasteiger partial charge is 1.00 e. The Labute approximate surface area is 44.6 Å². The van der Waals surface area contributed by atoms with Crippen molar-refractivity contribution < 1.29 is 43.8 Å². The van der Waals surface area contributed by atoms with Crippen LogP contribution in [0.2, 0.25) is 0 Å². The molecule has 5 heavy (non-hydrogen) atoms. The second kappa shape index (κ2) is 219. The van der Waals surface area contributed by atoms with Gasteiger partial charge in [0.05, 0.1) is 0 Å². The van der Waals surface area contributed by atoms with Gasteiger partial charge in [-0.2, -0.15) is 0 Å². The summed E-state index contributed by atoms with van der Waals surface area (Å²) in [6.45, 7) is 0. The maximum Gasteiger partial charge on any atom is 1.00 e. The molecule has 4 nitrogen and oxygen atoms in total. The van der Waals surface area contributed by atoms with Crippen molar-refractivity contribution in [1.29, 1.82) is 0 Å². The van der Waals surface area contributed by atoms with Crippen LogP contribution in [0.1, 0.15) is 1.43 Å². The maximum atomic E-state index is 0. The Morgan fingerprint density at radius 1 is 0.600 bits per heavy atom. The van der Waals surface area contributed by atoms with Crippen molar-refractivity contribution in [3.63, 3.8) is 0 Å². The van der Waals surface area contributed by atoms with Gasteiger partial charge in [0.25, 0.3) is 0 Å². The summed E-state index contributed by atoms with van der Waals surface area (Å²) in [7, 11) is 0. The fourth-order valence-electron chi connectivity index (χ4n) is 0. The summed E-state index contributed by atoms with van der Waals surface area (Å²) in [5.41, 5.74) is 0. The van der Waals surface area contributed by atoms with E-state index < -0.39 is 0 Å². The van der Waals surface area contributed by atoms with Crippen LogP contribution in [-0.2, 0) is 20.4 Å². The fraction of sp³-hybridized carbons (Fsp3) is 0. The van der Waals surface area contributed by atoms with Crippen molar-refractivity contribution in [2.24, 2.45) is 0 Å². The second-order valence-corrected chi connectivity index (χ2v) is 0. The van der Waals surface area contributed by atoms with Crippen LogP contribution in [0.3, 0.4) is 0 Å². The van der Waals surface area contributed by atoms with E-state index in [9.17, 15) is 0 Å². The number of rotatable bonds is 0. The van der Waals surface area contributed by atoms with Crippen molar-refractivity contribution in [3.8, 4) is 0 Å². The van der Waals surface area contributed by atoms with Gasteiger partial charge < -0.3 is 21.9 Å². The van der Waals surface area contributed by atoms with Crippen molar-refractivity contribution in [1.82, 2.24) is 0 Å². The van der Waals surface area contributed by atoms with Gasteiger partial charge in [-0.3, -0.25) is 0 Å². The summed E-state index contributed by atoms with van der Waals surface area (Å²) in [4.78, 5) is 0. The van der Waals surface area contributed by atoms with Crippen LogP contribution in [0.15, 0.2) is 0 Å². The molecule has 0 heterocycles. The zero-order valence-corrected chi connectivity index (χ0v) is 5.09. The first kappa shape index (κ1) is 442. The molecule has 0 rings (SSSR count). The molecule has 0 bridgehead atoms. The second-order valence-electron chi connectivity index (χ2n) is 0. The van der Waals surface area contributed by atoms with E-state index in [0.29, 0.717) is 0 Å². The van der Waals surface area contributed by atoms with Crippen LogP contribution in [-0.4, -0.2) is 21.9 Å². The van der Waals surface area contributed by atoms with Crippen LogP contribution in [0.4, 0.5) is 0 Å². The Balaban J connectivity index is 0. The van der Waals surface area contributed by atoms with Gasteiger partial charge in [0.2, 0.25) is 0 Å². The topological polar surface area (TPSA) is 126 Å². The molecule has 8 N–H and O–H groups in total. The first-order chi connectivity index (χ1) is 0. The van der Waals surface area contributed by atoms with E-state index in [0.717, 1.165) is 0 Å². The van der Waals surface area contributed by atoms with E-state index in [4.69, 9.17) is 0 Å². The zero-order valence-electron chi connectivity index (χ0n) is 3.38. The maximum absolute atomic E-state index is 0. The van der Waals surface area contributed by atoms with Gasteiger partial charge in [-0.05, 0) is 0 Å². The number of hydrogen-bond acceptors (Lipinski definition) is 0. The molecule has 0 aromatic heterocycles. The van der Waals surface area contributed by atoms with Crippen LogP contribution < -0.4 is 0 Å². The fourth-order valence-corrected chi connectivity index (χ4v) is 0. The standard InChI is InChI=1S/4H2O.Re/h4*1H2;/p+1. The summed E-state index contributed by atoms with van der Waals surface area (Å²) in [6, 6.07) is 0. The summed E-state index contributed by atoms with van der Waals surface area (Å²) in [5.74, 6) is 0. The molecule has 0 aromatic rings. The first-order valence-corrected chi connectivity index (χ1v) is 0. The van der Waals surface area contributed by atoms with Gasteiger partial charge in [-0.1, -0.05) is 0 Å². The minimum Gasteiger partial charge on any atom is -0.412 e. The van der Waals surface area contributed by atoms with Gasteiger partial charge in [0.1, 0.15) is 0 Å². The molecule has 0 aliphatic heterocycles. The Morgan fingerprint density at radius 2 is 0.600 bits per heavy atom. The van der Waals surface area contributed by atoms with Crippen LogP contribution in [0.5, 0.6) is 0 Å². The summed E-state index contributed by atoms with van der Waals surface area (Å²) in [5, 5.41) is 0. The SMILES string of the molecule is O.O.O.O.[H+].[Re].